The van der Waals surface area contributed by atoms with Crippen LogP contribution >= 0.6 is 0 Å². The smallest absolute Gasteiger partial charge is 0.225 e. The molecule has 0 aromatic heterocycles. The molecule has 0 heterocycles. The highest BCUT2D eigenvalue weighted by atomic mass is 16.5. The molecule has 1 amide bonds. The van der Waals surface area contributed by atoms with Crippen LogP contribution in [0.2, 0.25) is 0 Å². The maximum atomic E-state index is 11.9. The fraction of sp³-hybridized carbons (Fsp3) is 0.500. The van der Waals surface area contributed by atoms with E-state index in [9.17, 15) is 4.79 Å². The third kappa shape index (κ3) is 8.05. The average Bonchev–Trinajstić information content (AvgIpc) is 2.61. The fourth-order valence-corrected chi connectivity index (χ4v) is 2.05. The molecule has 0 aliphatic heterocycles. The minimum absolute atomic E-state index is 0.0366. The quantitative estimate of drug-likeness (QED) is 0.274. The number of nitrogens with zero attached hydrogens (tertiary/aromatic N) is 1. The summed E-state index contributed by atoms with van der Waals surface area (Å²) in [5.74, 6) is 1.55. The zero-order valence-corrected chi connectivity index (χ0v) is 16.4. The first-order valence-corrected chi connectivity index (χ1v) is 9.00. The number of carbonyl (C=O) groups excluding carboxylic acids is 1. The van der Waals surface area contributed by atoms with E-state index in [4.69, 9.17) is 4.74 Å². The minimum Gasteiger partial charge on any atom is -0.489 e. The van der Waals surface area contributed by atoms with E-state index in [2.05, 4.69) is 27.5 Å². The van der Waals surface area contributed by atoms with Gasteiger partial charge in [0.25, 0.3) is 0 Å². The first-order valence-electron chi connectivity index (χ1n) is 9.00. The highest BCUT2D eigenvalue weighted by Crippen LogP contribution is 2.18. The molecule has 26 heavy (non-hydrogen) atoms. The summed E-state index contributed by atoms with van der Waals surface area (Å²) in [5.41, 5.74) is 0.626. The van der Waals surface area contributed by atoms with Gasteiger partial charge >= 0.3 is 0 Å². The summed E-state index contributed by atoms with van der Waals surface area (Å²) in [5, 5.41) is 9.34. The van der Waals surface area contributed by atoms with Gasteiger partial charge in [-0.25, -0.2) is 4.99 Å². The Labute approximate surface area is 157 Å². The Bertz CT molecular complexity index is 606. The summed E-state index contributed by atoms with van der Waals surface area (Å²) in [6, 6.07) is 7.83. The number of guanidine groups is 1. The highest BCUT2D eigenvalue weighted by Gasteiger charge is 2.20. The Kier molecular flexibility index (Phi) is 9.26. The number of hydrogen-bond donors (Lipinski definition) is 3. The van der Waals surface area contributed by atoms with Crippen molar-refractivity contribution in [2.45, 2.75) is 34.2 Å². The lowest BCUT2D eigenvalue weighted by atomic mass is 9.96. The topological polar surface area (TPSA) is 74.8 Å². The molecule has 1 rings (SSSR count). The van der Waals surface area contributed by atoms with Crippen LogP contribution in [0.25, 0.3) is 0 Å². The SMILES string of the molecule is C=CCOc1ccccc1CN=C(NCC)NCCNC(=O)C(C)(C)C. The number of amides is 1. The van der Waals surface area contributed by atoms with Crippen LogP contribution in [0.15, 0.2) is 41.9 Å². The lowest BCUT2D eigenvalue weighted by Crippen LogP contribution is -2.43. The maximum Gasteiger partial charge on any atom is 0.225 e. The molecule has 0 aliphatic rings. The van der Waals surface area contributed by atoms with Gasteiger partial charge < -0.3 is 20.7 Å². The molecule has 0 unspecified atom stereocenters. The zero-order valence-electron chi connectivity index (χ0n) is 16.4. The van der Waals surface area contributed by atoms with Crippen molar-refractivity contribution in [3.05, 3.63) is 42.5 Å². The number of hydrogen-bond acceptors (Lipinski definition) is 3. The van der Waals surface area contributed by atoms with Crippen LogP contribution < -0.4 is 20.7 Å². The van der Waals surface area contributed by atoms with Gasteiger partial charge in [-0.1, -0.05) is 51.6 Å². The Hall–Kier alpha value is -2.50. The number of para-hydroxylation sites is 1. The molecule has 0 spiro atoms. The molecule has 0 aliphatic carbocycles. The van der Waals surface area contributed by atoms with E-state index in [1.54, 1.807) is 6.08 Å². The van der Waals surface area contributed by atoms with Crippen LogP contribution in [0.1, 0.15) is 33.3 Å². The number of carbonyl (C=O) groups is 1. The van der Waals surface area contributed by atoms with Crippen molar-refractivity contribution in [2.75, 3.05) is 26.2 Å². The molecular formula is C20H32N4O2. The summed E-state index contributed by atoms with van der Waals surface area (Å²) >= 11 is 0. The van der Waals surface area contributed by atoms with Gasteiger partial charge in [-0.05, 0) is 13.0 Å². The van der Waals surface area contributed by atoms with Gasteiger partial charge in [0.1, 0.15) is 12.4 Å². The van der Waals surface area contributed by atoms with E-state index in [-0.39, 0.29) is 11.3 Å². The van der Waals surface area contributed by atoms with E-state index in [1.165, 1.54) is 0 Å². The van der Waals surface area contributed by atoms with Crippen molar-refractivity contribution in [1.82, 2.24) is 16.0 Å². The molecule has 6 heteroatoms. The lowest BCUT2D eigenvalue weighted by Gasteiger charge is -2.18. The van der Waals surface area contributed by atoms with Crippen LogP contribution in [0.4, 0.5) is 0 Å². The number of ether oxygens (including phenoxy) is 1. The van der Waals surface area contributed by atoms with E-state index < -0.39 is 0 Å². The van der Waals surface area contributed by atoms with Crippen LogP contribution in [0, 0.1) is 5.41 Å². The van der Waals surface area contributed by atoms with Crippen molar-refractivity contribution in [3.63, 3.8) is 0 Å². The first kappa shape index (κ1) is 21.5. The summed E-state index contributed by atoms with van der Waals surface area (Å²) in [6.07, 6.45) is 1.72. The summed E-state index contributed by atoms with van der Waals surface area (Å²) < 4.78 is 5.66. The second-order valence-corrected chi connectivity index (χ2v) is 6.84. The number of benzene rings is 1. The maximum absolute atomic E-state index is 11.9. The predicted molar refractivity (Wildman–Crippen MR) is 107 cm³/mol. The van der Waals surface area contributed by atoms with Gasteiger partial charge in [-0.2, -0.15) is 0 Å². The normalized spacial score (nSPS) is 11.6. The molecule has 6 nitrogen and oxygen atoms in total. The molecule has 0 fully saturated rings. The van der Waals surface area contributed by atoms with Crippen molar-refractivity contribution >= 4 is 11.9 Å². The molecule has 0 bridgehead atoms. The van der Waals surface area contributed by atoms with E-state index in [0.29, 0.717) is 32.2 Å². The fourth-order valence-electron chi connectivity index (χ4n) is 2.05. The van der Waals surface area contributed by atoms with Crippen LogP contribution in [-0.4, -0.2) is 38.1 Å². The molecular weight excluding hydrogens is 328 g/mol. The third-order valence-electron chi connectivity index (χ3n) is 3.47. The average molecular weight is 361 g/mol. The van der Waals surface area contributed by atoms with Crippen molar-refractivity contribution in [1.29, 1.82) is 0 Å². The Morgan fingerprint density at radius 2 is 1.88 bits per heavy atom. The molecule has 0 radical (unpaired) electrons. The van der Waals surface area contributed by atoms with Gasteiger partial charge in [0.15, 0.2) is 5.96 Å². The van der Waals surface area contributed by atoms with Crippen molar-refractivity contribution < 1.29 is 9.53 Å². The van der Waals surface area contributed by atoms with Gasteiger partial charge in [0.2, 0.25) is 5.91 Å². The van der Waals surface area contributed by atoms with E-state index in [1.807, 2.05) is 52.0 Å². The van der Waals surface area contributed by atoms with Crippen molar-refractivity contribution in [3.8, 4) is 5.75 Å². The Morgan fingerprint density at radius 1 is 1.19 bits per heavy atom. The van der Waals surface area contributed by atoms with Gasteiger partial charge in [0.05, 0.1) is 6.54 Å². The van der Waals surface area contributed by atoms with Crippen LogP contribution in [0.5, 0.6) is 5.75 Å². The zero-order chi connectivity index (χ0) is 19.4. The van der Waals surface area contributed by atoms with Gasteiger partial charge in [-0.15, -0.1) is 0 Å². The first-order chi connectivity index (χ1) is 12.4. The molecule has 0 saturated heterocycles. The molecule has 1 aromatic carbocycles. The summed E-state index contributed by atoms with van der Waals surface area (Å²) in [6.45, 7) is 14.2. The third-order valence-corrected chi connectivity index (χ3v) is 3.47. The lowest BCUT2D eigenvalue weighted by molar-refractivity contribution is -0.128. The minimum atomic E-state index is -0.381. The standard InChI is InChI=1S/C20H32N4O2/c1-6-14-26-17-11-9-8-10-16(17)15-24-19(21-7-2)23-13-12-22-18(25)20(3,4)5/h6,8-11H,1,7,12-15H2,2-5H3,(H,22,25)(H2,21,23,24). The van der Waals surface area contributed by atoms with E-state index >= 15 is 0 Å². The molecule has 3 N–H and O–H groups in total. The molecule has 144 valence electrons. The summed E-state index contributed by atoms with van der Waals surface area (Å²) in [7, 11) is 0. The number of nitrogens with one attached hydrogen (secondary N) is 3. The monoisotopic (exact) mass is 360 g/mol. The van der Waals surface area contributed by atoms with Crippen LogP contribution in [-0.2, 0) is 11.3 Å². The molecule has 0 saturated carbocycles. The second-order valence-electron chi connectivity index (χ2n) is 6.84. The highest BCUT2D eigenvalue weighted by molar-refractivity contribution is 5.81. The van der Waals surface area contributed by atoms with Crippen molar-refractivity contribution in [2.24, 2.45) is 10.4 Å². The molecule has 1 aromatic rings. The Balaban J connectivity index is 2.58. The number of rotatable bonds is 9. The largest absolute Gasteiger partial charge is 0.489 e. The molecule has 0 atom stereocenters. The second kappa shape index (κ2) is 11.2. The van der Waals surface area contributed by atoms with Gasteiger partial charge in [-0.3, -0.25) is 4.79 Å². The predicted octanol–water partition coefficient (Wildman–Crippen LogP) is 2.47. The Morgan fingerprint density at radius 3 is 2.54 bits per heavy atom. The number of aliphatic imine (C=N–C) groups is 1. The van der Waals surface area contributed by atoms with Crippen LogP contribution in [0.3, 0.4) is 0 Å². The summed E-state index contributed by atoms with van der Waals surface area (Å²) in [4.78, 5) is 16.5. The van der Waals surface area contributed by atoms with Gasteiger partial charge in [0, 0.05) is 30.6 Å². The van der Waals surface area contributed by atoms with E-state index in [0.717, 1.165) is 17.9 Å².